The fraction of sp³-hybridized carbons (Fsp3) is 0.900. The summed E-state index contributed by atoms with van der Waals surface area (Å²) < 4.78 is 4.97. The lowest BCUT2D eigenvalue weighted by molar-refractivity contribution is -0.123. The van der Waals surface area contributed by atoms with Crippen LogP contribution in [0.15, 0.2) is 0 Å². The van der Waals surface area contributed by atoms with Crippen molar-refractivity contribution >= 4 is 5.91 Å². The van der Waals surface area contributed by atoms with Crippen molar-refractivity contribution in [3.8, 4) is 0 Å². The van der Waals surface area contributed by atoms with Gasteiger partial charge in [0.05, 0.1) is 6.61 Å². The number of methoxy groups -OCH3 is 1. The molecule has 0 aliphatic rings. The minimum absolute atomic E-state index is 0.0615. The third-order valence-corrected chi connectivity index (χ3v) is 1.86. The summed E-state index contributed by atoms with van der Waals surface area (Å²) in [6.07, 6.45) is 0. The Hall–Kier alpha value is -0.610. The summed E-state index contributed by atoms with van der Waals surface area (Å²) in [6.45, 7) is 7.96. The number of hydrogen-bond donors (Lipinski definition) is 2. The van der Waals surface area contributed by atoms with Gasteiger partial charge in [-0.1, -0.05) is 13.8 Å². The molecule has 0 aromatic rings. The molecule has 0 bridgehead atoms. The van der Waals surface area contributed by atoms with E-state index in [0.29, 0.717) is 19.2 Å². The molecule has 0 rings (SSSR count). The lowest BCUT2D eigenvalue weighted by Gasteiger charge is -2.13. The van der Waals surface area contributed by atoms with Crippen molar-refractivity contribution in [2.45, 2.75) is 26.8 Å². The topological polar surface area (TPSA) is 50.4 Å². The highest BCUT2D eigenvalue weighted by Gasteiger charge is 2.05. The van der Waals surface area contributed by atoms with Crippen molar-refractivity contribution in [3.05, 3.63) is 0 Å². The summed E-state index contributed by atoms with van der Waals surface area (Å²) in [6, 6.07) is 0.330. The van der Waals surface area contributed by atoms with Crippen molar-refractivity contribution in [2.75, 3.05) is 26.8 Å². The highest BCUT2D eigenvalue weighted by molar-refractivity contribution is 5.77. The van der Waals surface area contributed by atoms with Crippen LogP contribution in [0.3, 0.4) is 0 Å². The first kappa shape index (κ1) is 13.4. The Labute approximate surface area is 86.4 Å². The lowest BCUT2D eigenvalue weighted by atomic mass is 10.2. The van der Waals surface area contributed by atoms with Gasteiger partial charge in [0.1, 0.15) is 0 Å². The van der Waals surface area contributed by atoms with E-state index in [1.54, 1.807) is 7.11 Å². The molecule has 0 heterocycles. The maximum atomic E-state index is 11.1. The Morgan fingerprint density at radius 1 is 1.29 bits per heavy atom. The molecule has 2 N–H and O–H groups in total. The van der Waals surface area contributed by atoms with Crippen LogP contribution in [0, 0.1) is 5.92 Å². The molecular weight excluding hydrogens is 180 g/mol. The molecule has 0 spiro atoms. The van der Waals surface area contributed by atoms with E-state index in [4.69, 9.17) is 4.74 Å². The summed E-state index contributed by atoms with van der Waals surface area (Å²) in [4.78, 5) is 11.1. The van der Waals surface area contributed by atoms with E-state index in [2.05, 4.69) is 10.6 Å². The van der Waals surface area contributed by atoms with Gasteiger partial charge in [-0.25, -0.2) is 0 Å². The fourth-order valence-corrected chi connectivity index (χ4v) is 1.02. The van der Waals surface area contributed by atoms with Gasteiger partial charge in [0.15, 0.2) is 0 Å². The van der Waals surface area contributed by atoms with E-state index in [0.717, 1.165) is 6.54 Å². The minimum atomic E-state index is 0.0615. The molecule has 1 amide bonds. The molecule has 84 valence electrons. The van der Waals surface area contributed by atoms with Crippen LogP contribution in [0.4, 0.5) is 0 Å². The quantitative estimate of drug-likeness (QED) is 0.587. The zero-order valence-electron chi connectivity index (χ0n) is 9.59. The molecule has 0 aliphatic carbocycles. The lowest BCUT2D eigenvalue weighted by Crippen LogP contribution is -2.38. The second-order valence-electron chi connectivity index (χ2n) is 3.76. The van der Waals surface area contributed by atoms with Gasteiger partial charge in [-0.05, 0) is 6.92 Å². The molecule has 0 aliphatic heterocycles. The minimum Gasteiger partial charge on any atom is -0.383 e. The maximum absolute atomic E-state index is 11.1. The Balaban J connectivity index is 3.33. The van der Waals surface area contributed by atoms with Crippen LogP contribution in [0.1, 0.15) is 20.8 Å². The summed E-state index contributed by atoms with van der Waals surface area (Å²) in [5.41, 5.74) is 0. The number of carbonyl (C=O) groups is 1. The number of amides is 1. The second-order valence-corrected chi connectivity index (χ2v) is 3.76. The number of hydrogen-bond acceptors (Lipinski definition) is 3. The summed E-state index contributed by atoms with van der Waals surface area (Å²) in [5, 5.41) is 6.08. The van der Waals surface area contributed by atoms with E-state index < -0.39 is 0 Å². The second kappa shape index (κ2) is 7.76. The first-order valence-corrected chi connectivity index (χ1v) is 5.08. The van der Waals surface area contributed by atoms with E-state index in [1.165, 1.54) is 0 Å². The first-order chi connectivity index (χ1) is 6.57. The number of nitrogens with one attached hydrogen (secondary N) is 2. The zero-order valence-corrected chi connectivity index (χ0v) is 9.59. The molecular formula is C10H22N2O2. The third-order valence-electron chi connectivity index (χ3n) is 1.86. The van der Waals surface area contributed by atoms with Gasteiger partial charge in [0, 0.05) is 32.2 Å². The van der Waals surface area contributed by atoms with Crippen molar-refractivity contribution in [1.29, 1.82) is 0 Å². The zero-order chi connectivity index (χ0) is 11.0. The SMILES string of the molecule is COCC(C)NCCNC(=O)C(C)C. The molecule has 4 heteroatoms. The molecule has 1 unspecified atom stereocenters. The largest absolute Gasteiger partial charge is 0.383 e. The molecule has 0 saturated carbocycles. The van der Waals surface area contributed by atoms with Crippen molar-refractivity contribution in [3.63, 3.8) is 0 Å². The van der Waals surface area contributed by atoms with Crippen LogP contribution in [0.25, 0.3) is 0 Å². The molecule has 0 saturated heterocycles. The molecule has 14 heavy (non-hydrogen) atoms. The van der Waals surface area contributed by atoms with Gasteiger partial charge in [-0.2, -0.15) is 0 Å². The Kier molecular flexibility index (Phi) is 7.42. The van der Waals surface area contributed by atoms with Crippen LogP contribution in [0.2, 0.25) is 0 Å². The fourth-order valence-electron chi connectivity index (χ4n) is 1.02. The van der Waals surface area contributed by atoms with E-state index in [9.17, 15) is 4.79 Å². The molecule has 4 nitrogen and oxygen atoms in total. The van der Waals surface area contributed by atoms with Crippen LogP contribution in [-0.2, 0) is 9.53 Å². The maximum Gasteiger partial charge on any atom is 0.222 e. The third kappa shape index (κ3) is 6.86. The van der Waals surface area contributed by atoms with Gasteiger partial charge >= 0.3 is 0 Å². The Bertz CT molecular complexity index is 160. The van der Waals surface area contributed by atoms with E-state index >= 15 is 0 Å². The number of ether oxygens (including phenoxy) is 1. The first-order valence-electron chi connectivity index (χ1n) is 5.08. The average Bonchev–Trinajstić information content (AvgIpc) is 2.12. The van der Waals surface area contributed by atoms with Gasteiger partial charge in [0.25, 0.3) is 0 Å². The molecule has 1 atom stereocenters. The monoisotopic (exact) mass is 202 g/mol. The van der Waals surface area contributed by atoms with Crippen molar-refractivity contribution in [1.82, 2.24) is 10.6 Å². The van der Waals surface area contributed by atoms with Gasteiger partial charge in [0.2, 0.25) is 5.91 Å². The number of carbonyl (C=O) groups excluding carboxylic acids is 1. The van der Waals surface area contributed by atoms with Crippen LogP contribution in [0.5, 0.6) is 0 Å². The van der Waals surface area contributed by atoms with Gasteiger partial charge < -0.3 is 15.4 Å². The molecule has 0 aromatic heterocycles. The smallest absolute Gasteiger partial charge is 0.222 e. The standard InChI is InChI=1S/C10H22N2O2/c1-8(2)10(13)12-6-5-11-9(3)7-14-4/h8-9,11H,5-7H2,1-4H3,(H,12,13). The van der Waals surface area contributed by atoms with Gasteiger partial charge in [-0.15, -0.1) is 0 Å². The summed E-state index contributed by atoms with van der Waals surface area (Å²) in [7, 11) is 1.68. The average molecular weight is 202 g/mol. The van der Waals surface area contributed by atoms with Crippen LogP contribution >= 0.6 is 0 Å². The van der Waals surface area contributed by atoms with Gasteiger partial charge in [-0.3, -0.25) is 4.79 Å². The molecule has 0 radical (unpaired) electrons. The van der Waals surface area contributed by atoms with Crippen LogP contribution < -0.4 is 10.6 Å². The summed E-state index contributed by atoms with van der Waals surface area (Å²) in [5.74, 6) is 0.164. The van der Waals surface area contributed by atoms with E-state index in [1.807, 2.05) is 20.8 Å². The molecule has 0 aromatic carbocycles. The Morgan fingerprint density at radius 3 is 2.43 bits per heavy atom. The predicted molar refractivity (Wildman–Crippen MR) is 57.2 cm³/mol. The van der Waals surface area contributed by atoms with E-state index in [-0.39, 0.29) is 11.8 Å². The predicted octanol–water partition coefficient (Wildman–Crippen LogP) is 0.383. The van der Waals surface area contributed by atoms with Crippen molar-refractivity contribution < 1.29 is 9.53 Å². The number of rotatable bonds is 7. The Morgan fingerprint density at radius 2 is 1.93 bits per heavy atom. The highest BCUT2D eigenvalue weighted by atomic mass is 16.5. The summed E-state index contributed by atoms with van der Waals surface area (Å²) >= 11 is 0. The highest BCUT2D eigenvalue weighted by Crippen LogP contribution is 1.89. The van der Waals surface area contributed by atoms with Crippen LogP contribution in [-0.4, -0.2) is 38.8 Å². The molecule has 0 fully saturated rings. The van der Waals surface area contributed by atoms with Crippen molar-refractivity contribution in [2.24, 2.45) is 5.92 Å². The normalized spacial score (nSPS) is 12.9.